The van der Waals surface area contributed by atoms with E-state index in [9.17, 15) is 0 Å². The van der Waals surface area contributed by atoms with E-state index in [2.05, 4.69) is 10.2 Å². The van der Waals surface area contributed by atoms with Crippen molar-refractivity contribution < 1.29 is 4.42 Å². The number of halogens is 1. The van der Waals surface area contributed by atoms with E-state index in [4.69, 9.17) is 21.8 Å². The first kappa shape index (κ1) is 7.24. The second-order valence-electron chi connectivity index (χ2n) is 2.31. The first-order chi connectivity index (χ1) is 5.77. The highest BCUT2D eigenvalue weighted by Crippen LogP contribution is 2.27. The Balaban J connectivity index is 2.50. The summed E-state index contributed by atoms with van der Waals surface area (Å²) in [6, 6.07) is 3.44. The molecule has 4 nitrogen and oxygen atoms in total. The molecule has 0 spiro atoms. The lowest BCUT2D eigenvalue weighted by Gasteiger charge is -1.88. The Labute approximate surface area is 73.3 Å². The molecule has 2 heterocycles. The zero-order chi connectivity index (χ0) is 8.55. The largest absolute Gasteiger partial charge is 0.452 e. The summed E-state index contributed by atoms with van der Waals surface area (Å²) in [5.41, 5.74) is 6.94. The third-order valence-electron chi connectivity index (χ3n) is 1.51. The predicted octanol–water partition coefficient (Wildman–Crippen LogP) is 1.91. The Hall–Kier alpha value is -1.42. The number of anilines is 1. The Morgan fingerprint density at radius 1 is 1.58 bits per heavy atom. The maximum atomic E-state index is 5.73. The standard InChI is InChI=1S/C7H6ClN3O/c8-7-4(1-2-12-7)5-3-6(9)11-10-5/h1-3H,(H3,9,10,11). The van der Waals surface area contributed by atoms with Gasteiger partial charge in [0.25, 0.3) is 0 Å². The van der Waals surface area contributed by atoms with Gasteiger partial charge in [-0.05, 0) is 17.7 Å². The first-order valence-corrected chi connectivity index (χ1v) is 3.69. The molecular weight excluding hydrogens is 178 g/mol. The number of furan rings is 1. The van der Waals surface area contributed by atoms with E-state index in [0.717, 1.165) is 11.3 Å². The average Bonchev–Trinajstić information content (AvgIpc) is 2.58. The van der Waals surface area contributed by atoms with Gasteiger partial charge in [0.05, 0.1) is 17.5 Å². The van der Waals surface area contributed by atoms with Crippen molar-refractivity contribution in [3.8, 4) is 11.3 Å². The normalized spacial score (nSPS) is 10.4. The van der Waals surface area contributed by atoms with Crippen LogP contribution in [0.1, 0.15) is 0 Å². The number of nitrogens with two attached hydrogens (primary N) is 1. The van der Waals surface area contributed by atoms with Crippen molar-refractivity contribution in [2.75, 3.05) is 5.73 Å². The van der Waals surface area contributed by atoms with Crippen LogP contribution in [-0.4, -0.2) is 10.2 Å². The number of hydrogen-bond acceptors (Lipinski definition) is 3. The number of aromatic amines is 1. The quantitative estimate of drug-likeness (QED) is 0.710. The summed E-state index contributed by atoms with van der Waals surface area (Å²) in [4.78, 5) is 0. The number of H-pyrrole nitrogens is 1. The second kappa shape index (κ2) is 2.57. The molecule has 12 heavy (non-hydrogen) atoms. The van der Waals surface area contributed by atoms with Gasteiger partial charge in [0.15, 0.2) is 0 Å². The fraction of sp³-hybridized carbons (Fsp3) is 0. The summed E-state index contributed by atoms with van der Waals surface area (Å²) in [6.45, 7) is 0. The summed E-state index contributed by atoms with van der Waals surface area (Å²) in [6.07, 6.45) is 1.51. The van der Waals surface area contributed by atoms with Gasteiger partial charge in [0.1, 0.15) is 5.82 Å². The highest BCUT2D eigenvalue weighted by molar-refractivity contribution is 6.31. The minimum Gasteiger partial charge on any atom is -0.452 e. The molecule has 0 aliphatic rings. The highest BCUT2D eigenvalue weighted by atomic mass is 35.5. The van der Waals surface area contributed by atoms with Gasteiger partial charge in [0.2, 0.25) is 5.22 Å². The van der Waals surface area contributed by atoms with E-state index >= 15 is 0 Å². The van der Waals surface area contributed by atoms with Gasteiger partial charge in [-0.3, -0.25) is 5.10 Å². The van der Waals surface area contributed by atoms with Crippen LogP contribution in [0.25, 0.3) is 11.3 Å². The molecule has 2 rings (SSSR count). The van der Waals surface area contributed by atoms with Crippen LogP contribution in [0.3, 0.4) is 0 Å². The van der Waals surface area contributed by atoms with E-state index in [1.165, 1.54) is 6.26 Å². The van der Waals surface area contributed by atoms with Crippen LogP contribution < -0.4 is 5.73 Å². The predicted molar refractivity (Wildman–Crippen MR) is 45.7 cm³/mol. The van der Waals surface area contributed by atoms with Gasteiger partial charge in [-0.15, -0.1) is 0 Å². The van der Waals surface area contributed by atoms with Crippen LogP contribution in [0.15, 0.2) is 22.8 Å². The van der Waals surface area contributed by atoms with Gasteiger partial charge in [-0.1, -0.05) is 0 Å². The molecule has 0 radical (unpaired) electrons. The van der Waals surface area contributed by atoms with Gasteiger partial charge in [-0.25, -0.2) is 0 Å². The van der Waals surface area contributed by atoms with E-state index < -0.39 is 0 Å². The molecule has 0 aromatic carbocycles. The molecule has 0 saturated heterocycles. The van der Waals surface area contributed by atoms with Crippen LogP contribution in [0.4, 0.5) is 5.82 Å². The van der Waals surface area contributed by atoms with Crippen molar-refractivity contribution in [1.82, 2.24) is 10.2 Å². The van der Waals surface area contributed by atoms with E-state index in [0.29, 0.717) is 11.0 Å². The summed E-state index contributed by atoms with van der Waals surface area (Å²) >= 11 is 5.73. The summed E-state index contributed by atoms with van der Waals surface area (Å²) < 4.78 is 4.90. The third kappa shape index (κ3) is 1.06. The molecule has 0 bridgehead atoms. The topological polar surface area (TPSA) is 67.8 Å². The molecule has 3 N–H and O–H groups in total. The minimum atomic E-state index is 0.332. The highest BCUT2D eigenvalue weighted by Gasteiger charge is 2.07. The van der Waals surface area contributed by atoms with Crippen LogP contribution in [-0.2, 0) is 0 Å². The second-order valence-corrected chi connectivity index (χ2v) is 2.66. The fourth-order valence-corrected chi connectivity index (χ4v) is 1.18. The van der Waals surface area contributed by atoms with Crippen molar-refractivity contribution in [2.45, 2.75) is 0 Å². The molecule has 0 aliphatic carbocycles. The molecule has 5 heteroatoms. The van der Waals surface area contributed by atoms with Crippen molar-refractivity contribution in [3.05, 3.63) is 23.6 Å². The van der Waals surface area contributed by atoms with Crippen molar-refractivity contribution in [1.29, 1.82) is 0 Å². The number of nitrogen functional groups attached to an aromatic ring is 1. The van der Waals surface area contributed by atoms with Crippen molar-refractivity contribution in [3.63, 3.8) is 0 Å². The zero-order valence-corrected chi connectivity index (χ0v) is 6.80. The maximum absolute atomic E-state index is 5.73. The summed E-state index contributed by atoms with van der Waals surface area (Å²) in [5, 5.41) is 6.83. The zero-order valence-electron chi connectivity index (χ0n) is 6.04. The SMILES string of the molecule is Nc1cc(-c2ccoc2Cl)[nH]n1. The summed E-state index contributed by atoms with van der Waals surface area (Å²) in [7, 11) is 0. The number of aromatic nitrogens is 2. The Morgan fingerprint density at radius 3 is 2.92 bits per heavy atom. The van der Waals surface area contributed by atoms with Gasteiger partial charge < -0.3 is 10.2 Å². The monoisotopic (exact) mass is 183 g/mol. The lowest BCUT2D eigenvalue weighted by Crippen LogP contribution is -1.81. The van der Waals surface area contributed by atoms with Gasteiger partial charge in [0, 0.05) is 6.07 Å². The lowest BCUT2D eigenvalue weighted by atomic mass is 10.2. The minimum absolute atomic E-state index is 0.332. The van der Waals surface area contributed by atoms with Crippen LogP contribution >= 0.6 is 11.6 Å². The lowest BCUT2D eigenvalue weighted by molar-refractivity contribution is 0.570. The van der Waals surface area contributed by atoms with E-state index in [-0.39, 0.29) is 0 Å². The molecule has 0 unspecified atom stereocenters. The molecule has 2 aromatic heterocycles. The number of nitrogens with zero attached hydrogens (tertiary/aromatic N) is 1. The van der Waals surface area contributed by atoms with E-state index in [1.54, 1.807) is 12.1 Å². The Kier molecular flexibility index (Phi) is 1.55. The number of rotatable bonds is 1. The molecule has 0 saturated carbocycles. The molecular formula is C7H6ClN3O. The first-order valence-electron chi connectivity index (χ1n) is 3.31. The number of nitrogens with one attached hydrogen (secondary N) is 1. The van der Waals surface area contributed by atoms with Crippen molar-refractivity contribution >= 4 is 17.4 Å². The van der Waals surface area contributed by atoms with Gasteiger partial charge in [-0.2, -0.15) is 5.10 Å². The average molecular weight is 184 g/mol. The van der Waals surface area contributed by atoms with E-state index in [1.807, 2.05) is 0 Å². The van der Waals surface area contributed by atoms with Crippen LogP contribution in [0, 0.1) is 0 Å². The summed E-state index contributed by atoms with van der Waals surface area (Å²) in [5.74, 6) is 0.433. The molecule has 0 amide bonds. The number of hydrogen-bond donors (Lipinski definition) is 2. The molecule has 2 aromatic rings. The molecule has 0 aliphatic heterocycles. The van der Waals surface area contributed by atoms with Gasteiger partial charge >= 0.3 is 0 Å². The van der Waals surface area contributed by atoms with Crippen LogP contribution in [0.5, 0.6) is 0 Å². The molecule has 62 valence electrons. The van der Waals surface area contributed by atoms with Crippen LogP contribution in [0.2, 0.25) is 5.22 Å². The molecule has 0 atom stereocenters. The van der Waals surface area contributed by atoms with Crippen molar-refractivity contribution in [2.24, 2.45) is 0 Å². The molecule has 0 fully saturated rings. The third-order valence-corrected chi connectivity index (χ3v) is 1.80. The fourth-order valence-electron chi connectivity index (χ4n) is 0.962. The Morgan fingerprint density at radius 2 is 2.42 bits per heavy atom. The maximum Gasteiger partial charge on any atom is 0.202 e. The Bertz CT molecular complexity index is 393. The smallest absolute Gasteiger partial charge is 0.202 e.